The van der Waals surface area contributed by atoms with Gasteiger partial charge in [-0.2, -0.15) is 0 Å². The Kier molecular flexibility index (Phi) is 3.91. The smallest absolute Gasteiger partial charge is 0.449 e. The van der Waals surface area contributed by atoms with Crippen LogP contribution in [-0.2, 0) is 7.05 Å². The van der Waals surface area contributed by atoms with Gasteiger partial charge in [-0.25, -0.2) is 9.78 Å². The van der Waals surface area contributed by atoms with Crippen molar-refractivity contribution in [2.75, 3.05) is 38.1 Å². The zero-order valence-electron chi connectivity index (χ0n) is 13.0. The third kappa shape index (κ3) is 2.72. The van der Waals surface area contributed by atoms with Crippen LogP contribution >= 0.6 is 0 Å². The number of aromatic nitrogens is 2. The summed E-state index contributed by atoms with van der Waals surface area (Å²) in [7, 11) is 3.58. The molecule has 0 amide bonds. The molecule has 0 spiro atoms. The monoisotopic (exact) mass is 318 g/mol. The van der Waals surface area contributed by atoms with Crippen LogP contribution in [0.5, 0.6) is 5.75 Å². The van der Waals surface area contributed by atoms with Gasteiger partial charge in [0.25, 0.3) is 5.56 Å². The molecule has 2 aromatic heterocycles. The van der Waals surface area contributed by atoms with Crippen LogP contribution in [0.25, 0.3) is 11.0 Å². The Morgan fingerprint density at radius 2 is 1.96 bits per heavy atom. The highest BCUT2D eigenvalue weighted by atomic mass is 16.7. The third-order valence-corrected chi connectivity index (χ3v) is 4.08. The lowest BCUT2D eigenvalue weighted by molar-refractivity contribution is 0.143. The van der Waals surface area contributed by atoms with Gasteiger partial charge in [0.2, 0.25) is 5.75 Å². The second-order valence-corrected chi connectivity index (χ2v) is 5.57. The lowest BCUT2D eigenvalue weighted by atomic mass is 10.1. The number of hydrogen-bond donors (Lipinski definition) is 1. The fourth-order valence-electron chi connectivity index (χ4n) is 2.84. The number of anilines is 1. The molecule has 1 N–H and O–H groups in total. The molecule has 0 saturated carbocycles. The lowest BCUT2D eigenvalue weighted by Gasteiger charge is -2.35. The van der Waals surface area contributed by atoms with E-state index in [9.17, 15) is 9.59 Å². The molecule has 1 fully saturated rings. The van der Waals surface area contributed by atoms with Crippen molar-refractivity contribution >= 4 is 22.9 Å². The highest BCUT2D eigenvalue weighted by Crippen LogP contribution is 2.33. The first-order valence-corrected chi connectivity index (χ1v) is 7.31. The molecule has 23 heavy (non-hydrogen) atoms. The van der Waals surface area contributed by atoms with Gasteiger partial charge in [0.15, 0.2) is 0 Å². The zero-order chi connectivity index (χ0) is 16.6. The fraction of sp³-hybridized carbons (Fsp3) is 0.400. The molecule has 0 bridgehead atoms. The van der Waals surface area contributed by atoms with Gasteiger partial charge in [-0.05, 0) is 19.2 Å². The van der Waals surface area contributed by atoms with Crippen molar-refractivity contribution in [3.8, 4) is 5.75 Å². The molecule has 0 aromatic carbocycles. The minimum Gasteiger partial charge on any atom is -0.449 e. The Hall–Kier alpha value is -2.61. The first kappa shape index (κ1) is 15.3. The number of carboxylic acid groups (broad SMARTS) is 1. The number of hydrogen-bond acceptors (Lipinski definition) is 6. The van der Waals surface area contributed by atoms with Crippen molar-refractivity contribution in [2.24, 2.45) is 7.05 Å². The van der Waals surface area contributed by atoms with Gasteiger partial charge in [-0.1, -0.05) is 0 Å². The first-order valence-electron chi connectivity index (χ1n) is 7.31. The number of likely N-dealkylation sites (N-methyl/N-ethyl adjacent to an activating group) is 1. The molecule has 1 saturated heterocycles. The normalized spacial score (nSPS) is 15.8. The Bertz CT molecular complexity index is 809. The molecule has 1 aliphatic rings. The number of carbonyl (C=O) groups is 1. The van der Waals surface area contributed by atoms with E-state index < -0.39 is 11.7 Å². The quantitative estimate of drug-likeness (QED) is 0.817. The summed E-state index contributed by atoms with van der Waals surface area (Å²) in [5, 5.41) is 9.71. The van der Waals surface area contributed by atoms with Gasteiger partial charge < -0.3 is 19.6 Å². The second-order valence-electron chi connectivity index (χ2n) is 5.57. The van der Waals surface area contributed by atoms with Gasteiger partial charge >= 0.3 is 6.16 Å². The average molecular weight is 318 g/mol. The number of rotatable bonds is 2. The molecule has 8 heteroatoms. The summed E-state index contributed by atoms with van der Waals surface area (Å²) in [4.78, 5) is 32.0. The molecular formula is C15H18N4O4. The van der Waals surface area contributed by atoms with Gasteiger partial charge in [-0.15, -0.1) is 0 Å². The number of fused-ring (bicyclic) bond motifs is 1. The summed E-state index contributed by atoms with van der Waals surface area (Å²) in [6.45, 7) is 3.01. The number of piperazine rings is 1. The van der Waals surface area contributed by atoms with E-state index in [0.29, 0.717) is 29.8 Å². The van der Waals surface area contributed by atoms with E-state index >= 15 is 0 Å². The maximum absolute atomic E-state index is 12.5. The first-order chi connectivity index (χ1) is 11.0. The van der Waals surface area contributed by atoms with Crippen LogP contribution in [0, 0.1) is 0 Å². The van der Waals surface area contributed by atoms with E-state index in [1.807, 2.05) is 18.0 Å². The topological polar surface area (TPSA) is 87.9 Å². The number of nitrogens with zero attached hydrogens (tertiary/aromatic N) is 4. The summed E-state index contributed by atoms with van der Waals surface area (Å²) >= 11 is 0. The van der Waals surface area contributed by atoms with Gasteiger partial charge in [0.1, 0.15) is 5.65 Å². The minimum atomic E-state index is -1.50. The molecule has 3 rings (SSSR count). The highest BCUT2D eigenvalue weighted by molar-refractivity contribution is 5.94. The van der Waals surface area contributed by atoms with Crippen LogP contribution in [0.1, 0.15) is 0 Å². The molecule has 0 aliphatic carbocycles. The minimum absolute atomic E-state index is 0.162. The molecular weight excluding hydrogens is 300 g/mol. The molecule has 0 atom stereocenters. The molecule has 3 heterocycles. The predicted octanol–water partition coefficient (Wildman–Crippen LogP) is 0.742. The summed E-state index contributed by atoms with van der Waals surface area (Å²) in [6, 6.07) is 3.58. The van der Waals surface area contributed by atoms with Gasteiger partial charge in [-0.3, -0.25) is 9.36 Å². The largest absolute Gasteiger partial charge is 0.511 e. The van der Waals surface area contributed by atoms with Gasteiger partial charge in [0.05, 0.1) is 5.69 Å². The number of pyridine rings is 2. The van der Waals surface area contributed by atoms with E-state index in [-0.39, 0.29) is 5.75 Å². The highest BCUT2D eigenvalue weighted by Gasteiger charge is 2.26. The van der Waals surface area contributed by atoms with E-state index in [1.165, 1.54) is 4.57 Å². The van der Waals surface area contributed by atoms with E-state index in [2.05, 4.69) is 9.88 Å². The molecule has 8 nitrogen and oxygen atoms in total. The Balaban J connectivity index is 2.25. The maximum Gasteiger partial charge on any atom is 0.511 e. The second kappa shape index (κ2) is 5.88. The van der Waals surface area contributed by atoms with E-state index in [0.717, 1.165) is 13.1 Å². The van der Waals surface area contributed by atoms with Crippen LogP contribution in [0.2, 0.25) is 0 Å². The average Bonchev–Trinajstić information content (AvgIpc) is 2.54. The summed E-state index contributed by atoms with van der Waals surface area (Å²) < 4.78 is 6.16. The SMILES string of the molecule is CN1CCN(c2c(OC(=O)O)c(=O)n(C)c3ncccc23)CC1. The lowest BCUT2D eigenvalue weighted by Crippen LogP contribution is -2.45. The van der Waals surface area contributed by atoms with Crippen molar-refractivity contribution in [2.45, 2.75) is 0 Å². The maximum atomic E-state index is 12.5. The Labute approximate surface area is 132 Å². The summed E-state index contributed by atoms with van der Waals surface area (Å²) in [6.07, 6.45) is 0.105. The molecule has 2 aromatic rings. The standard InChI is InChI=1S/C15H18N4O4/c1-17-6-8-19(9-7-17)11-10-4-3-5-16-13(10)18(2)14(20)12(11)23-15(21)22/h3-5H,6-9H2,1-2H3,(H,21,22). The van der Waals surface area contributed by atoms with Crippen LogP contribution in [0.3, 0.4) is 0 Å². The molecule has 1 aliphatic heterocycles. The molecule has 0 radical (unpaired) electrons. The van der Waals surface area contributed by atoms with Gasteiger partial charge in [0, 0.05) is 44.8 Å². The van der Waals surface area contributed by atoms with Crippen LogP contribution in [0.15, 0.2) is 23.1 Å². The van der Waals surface area contributed by atoms with E-state index in [4.69, 9.17) is 9.84 Å². The number of aryl methyl sites for hydroxylation is 1. The van der Waals surface area contributed by atoms with Crippen LogP contribution in [-0.4, -0.2) is 58.9 Å². The predicted molar refractivity (Wildman–Crippen MR) is 85.3 cm³/mol. The Morgan fingerprint density at radius 1 is 1.26 bits per heavy atom. The third-order valence-electron chi connectivity index (χ3n) is 4.08. The van der Waals surface area contributed by atoms with Crippen molar-refractivity contribution in [1.82, 2.24) is 14.5 Å². The van der Waals surface area contributed by atoms with Crippen LogP contribution < -0.4 is 15.2 Å². The summed E-state index contributed by atoms with van der Waals surface area (Å²) in [5.74, 6) is -0.162. The van der Waals surface area contributed by atoms with Crippen molar-refractivity contribution < 1.29 is 14.6 Å². The zero-order valence-corrected chi connectivity index (χ0v) is 13.0. The van der Waals surface area contributed by atoms with Crippen LogP contribution in [0.4, 0.5) is 10.5 Å². The van der Waals surface area contributed by atoms with Crippen molar-refractivity contribution in [1.29, 1.82) is 0 Å². The number of ether oxygens (including phenoxy) is 1. The fourth-order valence-corrected chi connectivity index (χ4v) is 2.84. The van der Waals surface area contributed by atoms with E-state index in [1.54, 1.807) is 19.3 Å². The molecule has 0 unspecified atom stereocenters. The van der Waals surface area contributed by atoms with Crippen molar-refractivity contribution in [3.63, 3.8) is 0 Å². The Morgan fingerprint density at radius 3 is 2.61 bits per heavy atom. The molecule has 122 valence electrons. The van der Waals surface area contributed by atoms with Crippen molar-refractivity contribution in [3.05, 3.63) is 28.7 Å². The summed E-state index contributed by atoms with van der Waals surface area (Å²) in [5.41, 5.74) is 0.503.